The highest BCUT2D eigenvalue weighted by molar-refractivity contribution is 6.02. The molecule has 0 aromatic heterocycles. The Hall–Kier alpha value is -2.55. The monoisotopic (exact) mass is 218 g/mol. The minimum Gasteiger partial charge on any atom is -0.298 e. The van der Waals surface area contributed by atoms with Crippen LogP contribution < -0.4 is 0 Å². The van der Waals surface area contributed by atoms with Crippen molar-refractivity contribution in [2.24, 2.45) is 0 Å². The maximum atomic E-state index is 11.1. The van der Waals surface area contributed by atoms with Gasteiger partial charge in [-0.3, -0.25) is 19.7 Å². The van der Waals surface area contributed by atoms with Crippen LogP contribution in [0, 0.1) is 21.4 Å². The molecule has 0 saturated heterocycles. The van der Waals surface area contributed by atoms with E-state index in [2.05, 4.69) is 0 Å². The predicted octanol–water partition coefficient (Wildman–Crippen LogP) is 1.48. The second-order valence-electron chi connectivity index (χ2n) is 3.00. The van der Waals surface area contributed by atoms with Crippen LogP contribution in [0.25, 0.3) is 0 Å². The molecule has 0 heterocycles. The summed E-state index contributed by atoms with van der Waals surface area (Å²) >= 11 is 0. The van der Waals surface area contributed by atoms with Crippen molar-refractivity contribution in [2.75, 3.05) is 0 Å². The Kier molecular flexibility index (Phi) is 3.11. The highest BCUT2D eigenvalue weighted by Crippen LogP contribution is 2.22. The molecule has 6 nitrogen and oxygen atoms in total. The van der Waals surface area contributed by atoms with Gasteiger partial charge in [-0.2, -0.15) is 5.26 Å². The number of nitro benzene ring substituents is 1. The highest BCUT2D eigenvalue weighted by Gasteiger charge is 2.19. The van der Waals surface area contributed by atoms with Crippen molar-refractivity contribution in [2.45, 2.75) is 6.92 Å². The largest absolute Gasteiger partial charge is 0.298 e. The van der Waals surface area contributed by atoms with Crippen LogP contribution in [0.4, 0.5) is 5.69 Å². The smallest absolute Gasteiger partial charge is 0.287 e. The lowest BCUT2D eigenvalue weighted by Crippen LogP contribution is -2.03. The summed E-state index contributed by atoms with van der Waals surface area (Å²) in [6.07, 6.45) is 0.390. The van der Waals surface area contributed by atoms with Gasteiger partial charge in [0.2, 0.25) is 0 Å². The second kappa shape index (κ2) is 4.31. The van der Waals surface area contributed by atoms with Gasteiger partial charge in [-0.05, 0) is 13.0 Å². The van der Waals surface area contributed by atoms with Gasteiger partial charge in [0.15, 0.2) is 12.1 Å². The van der Waals surface area contributed by atoms with Gasteiger partial charge in [-0.15, -0.1) is 0 Å². The molecule has 6 heteroatoms. The minimum atomic E-state index is -0.764. The fraction of sp³-hybridized carbons (Fsp3) is 0.100. The molecule has 0 N–H and O–H groups in total. The fourth-order valence-electron chi connectivity index (χ4n) is 1.25. The van der Waals surface area contributed by atoms with Crippen LogP contribution >= 0.6 is 0 Å². The molecule has 1 aromatic rings. The zero-order valence-corrected chi connectivity index (χ0v) is 8.26. The molecule has 16 heavy (non-hydrogen) atoms. The van der Waals surface area contributed by atoms with Gasteiger partial charge >= 0.3 is 0 Å². The zero-order chi connectivity index (χ0) is 12.3. The van der Waals surface area contributed by atoms with Crippen molar-refractivity contribution in [3.05, 3.63) is 38.9 Å². The van der Waals surface area contributed by atoms with Gasteiger partial charge in [0.05, 0.1) is 4.92 Å². The number of ketones is 1. The van der Waals surface area contributed by atoms with Crippen molar-refractivity contribution in [3.63, 3.8) is 0 Å². The van der Waals surface area contributed by atoms with Crippen molar-refractivity contribution >= 4 is 17.8 Å². The molecule has 0 atom stereocenters. The van der Waals surface area contributed by atoms with Crippen LogP contribution in [0.2, 0.25) is 0 Å². The number of rotatable bonds is 3. The number of aldehydes is 1. The maximum Gasteiger partial charge on any atom is 0.287 e. The van der Waals surface area contributed by atoms with E-state index in [-0.39, 0.29) is 16.7 Å². The van der Waals surface area contributed by atoms with E-state index in [1.54, 1.807) is 6.07 Å². The van der Waals surface area contributed by atoms with E-state index in [0.29, 0.717) is 6.29 Å². The number of Topliss-reactive ketones (excluding diaryl/α,β-unsaturated/α-hetero) is 1. The molecule has 0 fully saturated rings. The lowest BCUT2D eigenvalue weighted by Gasteiger charge is -2.01. The van der Waals surface area contributed by atoms with Crippen LogP contribution in [-0.2, 0) is 0 Å². The molecule has 1 rings (SSSR count). The average Bonchev–Trinajstić information content (AvgIpc) is 2.26. The summed E-state index contributed by atoms with van der Waals surface area (Å²) in [5.41, 5.74) is -0.786. The summed E-state index contributed by atoms with van der Waals surface area (Å²) in [6, 6.07) is 3.60. The maximum absolute atomic E-state index is 11.1. The fourth-order valence-corrected chi connectivity index (χ4v) is 1.25. The van der Waals surface area contributed by atoms with Gasteiger partial charge in [-0.1, -0.05) is 0 Å². The van der Waals surface area contributed by atoms with Crippen LogP contribution in [0.15, 0.2) is 12.1 Å². The summed E-state index contributed by atoms with van der Waals surface area (Å²) in [5.74, 6) is -0.463. The van der Waals surface area contributed by atoms with E-state index in [1.807, 2.05) is 0 Å². The predicted molar refractivity (Wildman–Crippen MR) is 53.2 cm³/mol. The average molecular weight is 218 g/mol. The summed E-state index contributed by atoms with van der Waals surface area (Å²) in [4.78, 5) is 31.6. The van der Waals surface area contributed by atoms with Gasteiger partial charge in [0, 0.05) is 17.2 Å². The van der Waals surface area contributed by atoms with Crippen LogP contribution in [0.3, 0.4) is 0 Å². The van der Waals surface area contributed by atoms with Crippen molar-refractivity contribution in [1.82, 2.24) is 0 Å². The summed E-state index contributed by atoms with van der Waals surface area (Å²) in [6.45, 7) is 1.19. The highest BCUT2D eigenvalue weighted by atomic mass is 16.6. The lowest BCUT2D eigenvalue weighted by atomic mass is 10.0. The molecule has 0 unspecified atom stereocenters. The standard InChI is InChI=1S/C10H6N2O4/c1-6(14)9-3-10(12(15)16)7(4-11)2-8(9)5-13/h2-3,5H,1H3. The number of nitro groups is 1. The van der Waals surface area contributed by atoms with E-state index in [9.17, 15) is 19.7 Å². The van der Waals surface area contributed by atoms with Gasteiger partial charge in [-0.25, -0.2) is 0 Å². The topological polar surface area (TPSA) is 101 Å². The molecule has 0 aliphatic rings. The Bertz CT molecular complexity index is 528. The first-order valence-corrected chi connectivity index (χ1v) is 4.20. The summed E-state index contributed by atoms with van der Waals surface area (Å²) in [5, 5.41) is 19.3. The molecule has 0 amide bonds. The molecule has 0 bridgehead atoms. The number of nitrogens with zero attached hydrogens (tertiary/aromatic N) is 2. The first-order chi connectivity index (χ1) is 7.51. The molecular weight excluding hydrogens is 212 g/mol. The van der Waals surface area contributed by atoms with Crippen LogP contribution in [0.1, 0.15) is 33.2 Å². The molecule has 0 aliphatic heterocycles. The number of hydrogen-bond acceptors (Lipinski definition) is 5. The van der Waals surface area contributed by atoms with E-state index in [1.165, 1.54) is 6.92 Å². The third kappa shape index (κ3) is 1.93. The number of carbonyl (C=O) groups excluding carboxylic acids is 2. The number of hydrogen-bond donors (Lipinski definition) is 0. The first kappa shape index (κ1) is 11.5. The Labute approximate surface area is 90.3 Å². The summed E-state index contributed by atoms with van der Waals surface area (Å²) in [7, 11) is 0. The number of nitriles is 1. The van der Waals surface area contributed by atoms with Crippen LogP contribution in [0.5, 0.6) is 0 Å². The van der Waals surface area contributed by atoms with E-state index < -0.39 is 16.4 Å². The summed E-state index contributed by atoms with van der Waals surface area (Å²) < 4.78 is 0. The Morgan fingerprint density at radius 2 is 2.19 bits per heavy atom. The second-order valence-corrected chi connectivity index (χ2v) is 3.00. The molecular formula is C10H6N2O4. The number of benzene rings is 1. The minimum absolute atomic E-state index is 0.0188. The third-order valence-corrected chi connectivity index (χ3v) is 1.99. The third-order valence-electron chi connectivity index (χ3n) is 1.99. The van der Waals surface area contributed by atoms with Gasteiger partial charge in [0.1, 0.15) is 11.6 Å². The first-order valence-electron chi connectivity index (χ1n) is 4.20. The van der Waals surface area contributed by atoms with Crippen molar-refractivity contribution in [3.8, 4) is 6.07 Å². The molecule has 0 radical (unpaired) electrons. The van der Waals surface area contributed by atoms with E-state index >= 15 is 0 Å². The van der Waals surface area contributed by atoms with Crippen molar-refractivity contribution in [1.29, 1.82) is 5.26 Å². The molecule has 0 saturated carbocycles. The molecule has 0 aliphatic carbocycles. The van der Waals surface area contributed by atoms with E-state index in [0.717, 1.165) is 12.1 Å². The zero-order valence-electron chi connectivity index (χ0n) is 8.26. The lowest BCUT2D eigenvalue weighted by molar-refractivity contribution is -0.385. The molecule has 80 valence electrons. The van der Waals surface area contributed by atoms with E-state index in [4.69, 9.17) is 5.26 Å². The van der Waals surface area contributed by atoms with Gasteiger partial charge < -0.3 is 0 Å². The van der Waals surface area contributed by atoms with Crippen LogP contribution in [-0.4, -0.2) is 17.0 Å². The van der Waals surface area contributed by atoms with Gasteiger partial charge in [0.25, 0.3) is 5.69 Å². The Morgan fingerprint density at radius 3 is 2.56 bits per heavy atom. The Morgan fingerprint density at radius 1 is 1.56 bits per heavy atom. The number of carbonyl (C=O) groups is 2. The quantitative estimate of drug-likeness (QED) is 0.331. The normalized spacial score (nSPS) is 9.25. The molecule has 0 spiro atoms. The van der Waals surface area contributed by atoms with Crippen molar-refractivity contribution < 1.29 is 14.5 Å². The molecule has 1 aromatic carbocycles. The SMILES string of the molecule is CC(=O)c1cc([N+](=O)[O-])c(C#N)cc1C=O. The Balaban J connectivity index is 3.61.